The van der Waals surface area contributed by atoms with Gasteiger partial charge in [-0.05, 0) is 18.2 Å². The van der Waals surface area contributed by atoms with Gasteiger partial charge in [0.05, 0.1) is 24.7 Å². The molecule has 2 aromatic heterocycles. The second-order valence-corrected chi connectivity index (χ2v) is 4.09. The van der Waals surface area contributed by atoms with Gasteiger partial charge >= 0.3 is 0 Å². The summed E-state index contributed by atoms with van der Waals surface area (Å²) in [4.78, 5) is 18.1. The lowest BCUT2D eigenvalue weighted by atomic mass is 10.2. The number of hydrogen-bond acceptors (Lipinski definition) is 4. The first-order valence-corrected chi connectivity index (χ1v) is 6.00. The van der Waals surface area contributed by atoms with Crippen LogP contribution in [0.5, 0.6) is 0 Å². The third-order valence-corrected chi connectivity index (χ3v) is 2.71. The monoisotopic (exact) mass is 260 g/mol. The van der Waals surface area contributed by atoms with Gasteiger partial charge in [0, 0.05) is 38.2 Å². The molecule has 0 aromatic carbocycles. The number of aromatic nitrogens is 1. The van der Waals surface area contributed by atoms with Crippen molar-refractivity contribution in [2.24, 2.45) is 0 Å². The molecule has 0 spiro atoms. The Hall–Kier alpha value is -2.14. The van der Waals surface area contributed by atoms with Crippen LogP contribution in [0.2, 0.25) is 0 Å². The molecule has 0 saturated heterocycles. The van der Waals surface area contributed by atoms with Crippen molar-refractivity contribution in [1.82, 2.24) is 9.88 Å². The van der Waals surface area contributed by atoms with Crippen LogP contribution in [0.15, 0.2) is 47.5 Å². The highest BCUT2D eigenvalue weighted by Crippen LogP contribution is 2.09. The third kappa shape index (κ3) is 3.66. The Morgan fingerprint density at radius 2 is 2.37 bits per heavy atom. The normalized spacial score (nSPS) is 10.4. The van der Waals surface area contributed by atoms with E-state index in [9.17, 15) is 4.79 Å². The van der Waals surface area contributed by atoms with Gasteiger partial charge < -0.3 is 14.1 Å². The first-order valence-electron chi connectivity index (χ1n) is 6.00. The largest absolute Gasteiger partial charge is 0.472 e. The molecule has 0 saturated carbocycles. The van der Waals surface area contributed by atoms with Crippen LogP contribution in [0.25, 0.3) is 0 Å². The highest BCUT2D eigenvalue weighted by Gasteiger charge is 2.16. The van der Waals surface area contributed by atoms with Crippen LogP contribution in [0.4, 0.5) is 0 Å². The van der Waals surface area contributed by atoms with E-state index in [1.54, 1.807) is 49.1 Å². The number of pyridine rings is 1. The number of amides is 1. The Labute approximate surface area is 111 Å². The summed E-state index contributed by atoms with van der Waals surface area (Å²) in [6, 6.07) is 5.35. The molecule has 2 aromatic rings. The summed E-state index contributed by atoms with van der Waals surface area (Å²) in [5, 5.41) is 0. The lowest BCUT2D eigenvalue weighted by Crippen LogP contribution is -2.33. The fraction of sp³-hybridized carbons (Fsp3) is 0.286. The van der Waals surface area contributed by atoms with Crippen LogP contribution < -0.4 is 0 Å². The van der Waals surface area contributed by atoms with Crippen LogP contribution in [-0.4, -0.2) is 36.1 Å². The van der Waals surface area contributed by atoms with Gasteiger partial charge in [0.2, 0.25) is 0 Å². The van der Waals surface area contributed by atoms with Crippen molar-refractivity contribution in [3.8, 4) is 0 Å². The molecule has 0 aliphatic heterocycles. The molecule has 2 heterocycles. The molecule has 0 fully saturated rings. The van der Waals surface area contributed by atoms with E-state index in [1.165, 1.54) is 0 Å². The smallest absolute Gasteiger partial charge is 0.255 e. The van der Waals surface area contributed by atoms with Crippen LogP contribution >= 0.6 is 0 Å². The summed E-state index contributed by atoms with van der Waals surface area (Å²) >= 11 is 0. The topological polar surface area (TPSA) is 55.6 Å². The summed E-state index contributed by atoms with van der Waals surface area (Å²) < 4.78 is 10.1. The van der Waals surface area contributed by atoms with E-state index in [0.29, 0.717) is 25.3 Å². The fourth-order valence-corrected chi connectivity index (χ4v) is 1.73. The van der Waals surface area contributed by atoms with E-state index in [-0.39, 0.29) is 5.91 Å². The quantitative estimate of drug-likeness (QED) is 0.796. The molecule has 19 heavy (non-hydrogen) atoms. The molecular formula is C14H16N2O3. The Balaban J connectivity index is 2.10. The molecule has 0 atom stereocenters. The van der Waals surface area contributed by atoms with Gasteiger partial charge in [0.15, 0.2) is 0 Å². The molecule has 0 unspecified atom stereocenters. The van der Waals surface area contributed by atoms with Crippen LogP contribution in [0.3, 0.4) is 0 Å². The van der Waals surface area contributed by atoms with Gasteiger partial charge in [0.25, 0.3) is 5.91 Å². The van der Waals surface area contributed by atoms with Gasteiger partial charge in [0.1, 0.15) is 0 Å². The second-order valence-electron chi connectivity index (χ2n) is 4.09. The summed E-state index contributed by atoms with van der Waals surface area (Å²) in [7, 11) is 1.62. The van der Waals surface area contributed by atoms with Crippen molar-refractivity contribution in [3.63, 3.8) is 0 Å². The minimum absolute atomic E-state index is 0.0636. The van der Waals surface area contributed by atoms with Crippen molar-refractivity contribution in [2.75, 3.05) is 20.3 Å². The summed E-state index contributed by atoms with van der Waals surface area (Å²) in [5.74, 6) is -0.0636. The van der Waals surface area contributed by atoms with Crippen LogP contribution in [0, 0.1) is 0 Å². The van der Waals surface area contributed by atoms with E-state index >= 15 is 0 Å². The van der Waals surface area contributed by atoms with Crippen molar-refractivity contribution in [2.45, 2.75) is 6.54 Å². The van der Waals surface area contributed by atoms with Gasteiger partial charge in [-0.3, -0.25) is 9.78 Å². The average Bonchev–Trinajstić information content (AvgIpc) is 2.96. The minimum atomic E-state index is -0.0636. The maximum atomic E-state index is 12.4. The number of nitrogens with zero attached hydrogens (tertiary/aromatic N) is 2. The molecule has 5 nitrogen and oxygen atoms in total. The summed E-state index contributed by atoms with van der Waals surface area (Å²) in [5.41, 5.74) is 1.52. The first-order chi connectivity index (χ1) is 9.31. The Kier molecular flexibility index (Phi) is 4.69. The van der Waals surface area contributed by atoms with Gasteiger partial charge in [-0.15, -0.1) is 0 Å². The lowest BCUT2D eigenvalue weighted by Gasteiger charge is -2.21. The van der Waals surface area contributed by atoms with E-state index in [1.807, 2.05) is 6.07 Å². The van der Waals surface area contributed by atoms with Crippen molar-refractivity contribution in [1.29, 1.82) is 0 Å². The SMILES string of the molecule is COCCN(Cc1ccoc1)C(=O)c1cccnc1. The number of methoxy groups -OCH3 is 1. The molecule has 5 heteroatoms. The van der Waals surface area contributed by atoms with Crippen molar-refractivity contribution in [3.05, 3.63) is 54.2 Å². The maximum Gasteiger partial charge on any atom is 0.255 e. The number of ether oxygens (including phenoxy) is 1. The number of furan rings is 1. The molecule has 0 bridgehead atoms. The van der Waals surface area contributed by atoms with E-state index in [0.717, 1.165) is 5.56 Å². The zero-order chi connectivity index (χ0) is 13.5. The highest BCUT2D eigenvalue weighted by atomic mass is 16.5. The molecule has 2 rings (SSSR count). The molecule has 100 valence electrons. The maximum absolute atomic E-state index is 12.4. The van der Waals surface area contributed by atoms with Gasteiger partial charge in [-0.25, -0.2) is 0 Å². The molecule has 0 radical (unpaired) electrons. The standard InChI is InChI=1S/C14H16N2O3/c1-18-8-6-16(10-12-4-7-19-11-12)14(17)13-3-2-5-15-9-13/h2-5,7,9,11H,6,8,10H2,1H3. The second kappa shape index (κ2) is 6.70. The first kappa shape index (κ1) is 13.3. The van der Waals surface area contributed by atoms with Crippen LogP contribution in [-0.2, 0) is 11.3 Å². The Morgan fingerprint density at radius 3 is 3.00 bits per heavy atom. The predicted octanol–water partition coefficient (Wildman–Crippen LogP) is 1.96. The van der Waals surface area contributed by atoms with Crippen molar-refractivity contribution >= 4 is 5.91 Å². The third-order valence-electron chi connectivity index (χ3n) is 2.71. The molecule has 0 N–H and O–H groups in total. The number of carbonyl (C=O) groups excluding carboxylic acids is 1. The van der Waals surface area contributed by atoms with Gasteiger partial charge in [-0.1, -0.05) is 0 Å². The molecular weight excluding hydrogens is 244 g/mol. The lowest BCUT2D eigenvalue weighted by molar-refractivity contribution is 0.0679. The summed E-state index contributed by atoms with van der Waals surface area (Å²) in [6.07, 6.45) is 6.44. The van der Waals surface area contributed by atoms with E-state index in [2.05, 4.69) is 4.98 Å². The number of hydrogen-bond donors (Lipinski definition) is 0. The Bertz CT molecular complexity index is 497. The Morgan fingerprint density at radius 1 is 1.47 bits per heavy atom. The van der Waals surface area contributed by atoms with Crippen LogP contribution in [0.1, 0.15) is 15.9 Å². The minimum Gasteiger partial charge on any atom is -0.472 e. The van der Waals surface area contributed by atoms with E-state index in [4.69, 9.17) is 9.15 Å². The average molecular weight is 260 g/mol. The molecule has 0 aliphatic carbocycles. The molecule has 1 amide bonds. The fourth-order valence-electron chi connectivity index (χ4n) is 1.73. The number of rotatable bonds is 6. The van der Waals surface area contributed by atoms with Gasteiger partial charge in [-0.2, -0.15) is 0 Å². The number of carbonyl (C=O) groups is 1. The zero-order valence-corrected chi connectivity index (χ0v) is 10.8. The zero-order valence-electron chi connectivity index (χ0n) is 10.8. The summed E-state index contributed by atoms with van der Waals surface area (Å²) in [6.45, 7) is 1.51. The predicted molar refractivity (Wildman–Crippen MR) is 69.6 cm³/mol. The van der Waals surface area contributed by atoms with Crippen molar-refractivity contribution < 1.29 is 13.9 Å². The molecule has 0 aliphatic rings. The van der Waals surface area contributed by atoms with E-state index < -0.39 is 0 Å². The highest BCUT2D eigenvalue weighted by molar-refractivity contribution is 5.93.